The first-order chi connectivity index (χ1) is 15.0. The Morgan fingerprint density at radius 3 is 2.29 bits per heavy atom. The zero-order valence-electron chi connectivity index (χ0n) is 17.5. The number of hydrogen-bond donors (Lipinski definition) is 0. The average Bonchev–Trinajstić information content (AvgIpc) is 2.77. The number of benzene rings is 3. The summed E-state index contributed by atoms with van der Waals surface area (Å²) in [6.07, 6.45) is 0. The van der Waals surface area contributed by atoms with E-state index in [1.165, 1.54) is 12.1 Å². The van der Waals surface area contributed by atoms with Crippen LogP contribution in [0.2, 0.25) is 0 Å². The molecular weight excluding hydrogens is 396 g/mol. The first-order valence-corrected chi connectivity index (χ1v) is 9.87. The lowest BCUT2D eigenvalue weighted by molar-refractivity contribution is -0.136. The molecule has 0 saturated heterocycles. The second-order valence-electron chi connectivity index (χ2n) is 6.83. The summed E-state index contributed by atoms with van der Waals surface area (Å²) in [5.41, 5.74) is 2.19. The summed E-state index contributed by atoms with van der Waals surface area (Å²) < 4.78 is 21.6. The highest BCUT2D eigenvalue weighted by molar-refractivity contribution is 5.93. The molecule has 0 aromatic heterocycles. The third-order valence-electron chi connectivity index (χ3n) is 4.34. The predicted molar refractivity (Wildman–Crippen MR) is 116 cm³/mol. The summed E-state index contributed by atoms with van der Waals surface area (Å²) in [5, 5.41) is 0. The molecule has 0 aliphatic heterocycles. The molecule has 0 heterocycles. The zero-order chi connectivity index (χ0) is 22.1. The molecule has 3 aromatic carbocycles. The highest BCUT2D eigenvalue weighted by Gasteiger charge is 2.17. The third-order valence-corrected chi connectivity index (χ3v) is 4.34. The predicted octanol–water partition coefficient (Wildman–Crippen LogP) is 4.52. The summed E-state index contributed by atoms with van der Waals surface area (Å²) in [7, 11) is 0. The van der Waals surface area contributed by atoms with Gasteiger partial charge in [-0.05, 0) is 49.7 Å². The molecule has 3 rings (SSSR count). The quantitative estimate of drug-likeness (QED) is 0.288. The maximum Gasteiger partial charge on any atom is 0.349 e. The van der Waals surface area contributed by atoms with Crippen molar-refractivity contribution in [2.75, 3.05) is 19.8 Å². The molecule has 0 aliphatic rings. The Hall–Kier alpha value is -3.80. The van der Waals surface area contributed by atoms with Crippen molar-refractivity contribution in [3.63, 3.8) is 0 Å². The number of aryl methyl sites for hydroxylation is 2. The molecule has 0 N–H and O–H groups in total. The summed E-state index contributed by atoms with van der Waals surface area (Å²) >= 11 is 0. The van der Waals surface area contributed by atoms with Gasteiger partial charge in [0.15, 0.2) is 6.61 Å². The Morgan fingerprint density at radius 1 is 0.774 bits per heavy atom. The Kier molecular flexibility index (Phi) is 7.65. The van der Waals surface area contributed by atoms with E-state index in [4.69, 9.17) is 18.9 Å². The van der Waals surface area contributed by atoms with Crippen molar-refractivity contribution in [3.05, 3.63) is 89.5 Å². The van der Waals surface area contributed by atoms with Gasteiger partial charge in [-0.15, -0.1) is 0 Å². The molecule has 0 aliphatic carbocycles. The maximum atomic E-state index is 12.4. The lowest BCUT2D eigenvalue weighted by atomic mass is 10.1. The van der Waals surface area contributed by atoms with Gasteiger partial charge in [0.1, 0.15) is 36.0 Å². The Morgan fingerprint density at radius 2 is 1.52 bits per heavy atom. The molecule has 0 atom stereocenters. The highest BCUT2D eigenvalue weighted by atomic mass is 16.6. The molecule has 0 spiro atoms. The van der Waals surface area contributed by atoms with Gasteiger partial charge in [0.2, 0.25) is 0 Å². The topological polar surface area (TPSA) is 71.1 Å². The van der Waals surface area contributed by atoms with Crippen molar-refractivity contribution < 1.29 is 28.5 Å². The fourth-order valence-electron chi connectivity index (χ4n) is 2.86. The van der Waals surface area contributed by atoms with E-state index in [0.717, 1.165) is 11.1 Å². The van der Waals surface area contributed by atoms with Gasteiger partial charge in [0.05, 0.1) is 0 Å². The number of para-hydroxylation sites is 2. The van der Waals surface area contributed by atoms with Crippen LogP contribution in [-0.4, -0.2) is 31.8 Å². The van der Waals surface area contributed by atoms with Gasteiger partial charge in [0, 0.05) is 0 Å². The fraction of sp³-hybridized carbons (Fsp3) is 0.200. The molecule has 160 valence electrons. The number of hydrogen-bond acceptors (Lipinski definition) is 6. The van der Waals surface area contributed by atoms with Crippen LogP contribution in [0.4, 0.5) is 0 Å². The van der Waals surface area contributed by atoms with E-state index in [1.54, 1.807) is 18.2 Å². The smallest absolute Gasteiger partial charge is 0.349 e. The van der Waals surface area contributed by atoms with Crippen LogP contribution >= 0.6 is 0 Å². The van der Waals surface area contributed by atoms with E-state index in [-0.39, 0.29) is 31.1 Å². The molecule has 3 aromatic rings. The lowest BCUT2D eigenvalue weighted by Gasteiger charge is -2.12. The van der Waals surface area contributed by atoms with Crippen LogP contribution in [0, 0.1) is 13.8 Å². The SMILES string of the molecule is Cc1ccc(OCC(=O)Oc2ccccc2C(=O)OCCOc2ccccc2)c(C)c1. The maximum absolute atomic E-state index is 12.4. The second-order valence-corrected chi connectivity index (χ2v) is 6.83. The van der Waals surface area contributed by atoms with Crippen LogP contribution in [-0.2, 0) is 9.53 Å². The number of carbonyl (C=O) groups excluding carboxylic acids is 2. The van der Waals surface area contributed by atoms with E-state index < -0.39 is 11.9 Å². The molecule has 0 fully saturated rings. The number of esters is 2. The van der Waals surface area contributed by atoms with E-state index >= 15 is 0 Å². The van der Waals surface area contributed by atoms with Crippen molar-refractivity contribution >= 4 is 11.9 Å². The van der Waals surface area contributed by atoms with Crippen LogP contribution in [0.3, 0.4) is 0 Å². The lowest BCUT2D eigenvalue weighted by Crippen LogP contribution is -2.20. The van der Waals surface area contributed by atoms with E-state index in [1.807, 2.05) is 56.3 Å². The molecule has 31 heavy (non-hydrogen) atoms. The molecular formula is C25H24O6. The Bertz CT molecular complexity index is 1030. The van der Waals surface area contributed by atoms with Crippen LogP contribution in [0.15, 0.2) is 72.8 Å². The van der Waals surface area contributed by atoms with Gasteiger partial charge in [-0.3, -0.25) is 0 Å². The summed E-state index contributed by atoms with van der Waals surface area (Å²) in [6.45, 7) is 3.88. The minimum atomic E-state index is -0.618. The highest BCUT2D eigenvalue weighted by Crippen LogP contribution is 2.21. The van der Waals surface area contributed by atoms with E-state index in [2.05, 4.69) is 0 Å². The standard InChI is InChI=1S/C25H24O6/c1-18-12-13-22(19(2)16-18)30-17-24(26)31-23-11-7-6-10-21(23)25(27)29-15-14-28-20-8-4-3-5-9-20/h3-13,16H,14-15,17H2,1-2H3. The van der Waals surface area contributed by atoms with Crippen LogP contribution in [0.25, 0.3) is 0 Å². The van der Waals surface area contributed by atoms with Crippen molar-refractivity contribution in [1.29, 1.82) is 0 Å². The van der Waals surface area contributed by atoms with Gasteiger partial charge in [-0.1, -0.05) is 48.0 Å². The molecule has 0 bridgehead atoms. The average molecular weight is 420 g/mol. The van der Waals surface area contributed by atoms with E-state index in [9.17, 15) is 9.59 Å². The largest absolute Gasteiger partial charge is 0.490 e. The molecule has 0 saturated carbocycles. The molecule has 0 unspecified atom stereocenters. The van der Waals surface area contributed by atoms with Crippen molar-refractivity contribution in [2.24, 2.45) is 0 Å². The van der Waals surface area contributed by atoms with Gasteiger partial charge < -0.3 is 18.9 Å². The first-order valence-electron chi connectivity index (χ1n) is 9.87. The van der Waals surface area contributed by atoms with Gasteiger partial charge in [-0.25, -0.2) is 9.59 Å². The van der Waals surface area contributed by atoms with Gasteiger partial charge >= 0.3 is 11.9 Å². The van der Waals surface area contributed by atoms with Crippen molar-refractivity contribution in [1.82, 2.24) is 0 Å². The summed E-state index contributed by atoms with van der Waals surface area (Å²) in [4.78, 5) is 24.7. The normalized spacial score (nSPS) is 10.3. The van der Waals surface area contributed by atoms with Gasteiger partial charge in [0.25, 0.3) is 0 Å². The zero-order valence-corrected chi connectivity index (χ0v) is 17.5. The van der Waals surface area contributed by atoms with Crippen LogP contribution in [0.5, 0.6) is 17.2 Å². The van der Waals surface area contributed by atoms with Crippen LogP contribution in [0.1, 0.15) is 21.5 Å². The first kappa shape index (κ1) is 21.9. The molecule has 6 nitrogen and oxygen atoms in total. The summed E-state index contributed by atoms with van der Waals surface area (Å²) in [5.74, 6) is 0.194. The number of carbonyl (C=O) groups is 2. The van der Waals surface area contributed by atoms with Crippen molar-refractivity contribution in [2.45, 2.75) is 13.8 Å². The second kappa shape index (κ2) is 10.8. The molecule has 0 radical (unpaired) electrons. The monoisotopic (exact) mass is 420 g/mol. The number of ether oxygens (including phenoxy) is 4. The van der Waals surface area contributed by atoms with Gasteiger partial charge in [-0.2, -0.15) is 0 Å². The molecule has 0 amide bonds. The van der Waals surface area contributed by atoms with E-state index in [0.29, 0.717) is 11.5 Å². The molecule has 6 heteroatoms. The third kappa shape index (κ3) is 6.60. The van der Waals surface area contributed by atoms with Crippen molar-refractivity contribution in [3.8, 4) is 17.2 Å². The number of rotatable bonds is 9. The minimum Gasteiger partial charge on any atom is -0.490 e. The summed E-state index contributed by atoms with van der Waals surface area (Å²) in [6, 6.07) is 21.3. The Balaban J connectivity index is 1.51. The fourth-order valence-corrected chi connectivity index (χ4v) is 2.86. The van der Waals surface area contributed by atoms with Crippen LogP contribution < -0.4 is 14.2 Å². The minimum absolute atomic E-state index is 0.0613. The Labute approximate surface area is 181 Å².